The molecule has 0 aliphatic carbocycles. The zero-order chi connectivity index (χ0) is 14.8. The molecule has 1 aliphatic heterocycles. The second-order valence-electron chi connectivity index (χ2n) is 5.73. The largest absolute Gasteiger partial charge is 0.319 e. The summed E-state index contributed by atoms with van der Waals surface area (Å²) < 4.78 is 1.95. The summed E-state index contributed by atoms with van der Waals surface area (Å²) in [6.45, 7) is 4.10. The van der Waals surface area contributed by atoms with Crippen molar-refractivity contribution in [1.29, 1.82) is 0 Å². The lowest BCUT2D eigenvalue weighted by Gasteiger charge is -2.10. The summed E-state index contributed by atoms with van der Waals surface area (Å²) in [4.78, 5) is 14.4. The van der Waals surface area contributed by atoms with E-state index in [0.29, 0.717) is 11.6 Å². The maximum atomic E-state index is 12.2. The van der Waals surface area contributed by atoms with E-state index in [4.69, 9.17) is 0 Å². The fourth-order valence-corrected chi connectivity index (χ4v) is 2.64. The lowest BCUT2D eigenvalue weighted by molar-refractivity contribution is 0.102. The van der Waals surface area contributed by atoms with Gasteiger partial charge in [0.05, 0.1) is 17.9 Å². The molecule has 5 nitrogen and oxygen atoms in total. The Bertz CT molecular complexity index is 632. The molecule has 1 unspecified atom stereocenters. The van der Waals surface area contributed by atoms with E-state index < -0.39 is 0 Å². The third-order valence-corrected chi connectivity index (χ3v) is 3.91. The van der Waals surface area contributed by atoms with E-state index in [9.17, 15) is 4.79 Å². The molecule has 0 saturated carbocycles. The first-order chi connectivity index (χ1) is 10.1. The smallest absolute Gasteiger partial charge is 0.255 e. The van der Waals surface area contributed by atoms with Gasteiger partial charge >= 0.3 is 0 Å². The summed E-state index contributed by atoms with van der Waals surface area (Å²) >= 11 is 0. The first kappa shape index (κ1) is 13.8. The van der Waals surface area contributed by atoms with Crippen molar-refractivity contribution in [3.05, 3.63) is 47.8 Å². The van der Waals surface area contributed by atoms with Crippen molar-refractivity contribution in [3.63, 3.8) is 0 Å². The molecule has 0 bridgehead atoms. The molecule has 1 N–H and O–H groups in total. The van der Waals surface area contributed by atoms with E-state index in [-0.39, 0.29) is 5.91 Å². The van der Waals surface area contributed by atoms with Crippen LogP contribution in [-0.2, 0) is 0 Å². The number of hydrogen-bond donors (Lipinski definition) is 1. The quantitative estimate of drug-likeness (QED) is 0.941. The van der Waals surface area contributed by atoms with Crippen molar-refractivity contribution in [2.75, 3.05) is 25.5 Å². The molecule has 1 aromatic heterocycles. The van der Waals surface area contributed by atoms with Crippen LogP contribution < -0.4 is 5.32 Å². The van der Waals surface area contributed by atoms with Gasteiger partial charge in [-0.1, -0.05) is 17.7 Å². The first-order valence-electron chi connectivity index (χ1n) is 7.22. The lowest BCUT2D eigenvalue weighted by atomic mass is 10.1. The Hall–Kier alpha value is -2.14. The van der Waals surface area contributed by atoms with E-state index in [1.165, 1.54) is 0 Å². The van der Waals surface area contributed by atoms with Crippen LogP contribution in [-0.4, -0.2) is 40.7 Å². The predicted molar refractivity (Wildman–Crippen MR) is 82.5 cm³/mol. The van der Waals surface area contributed by atoms with Gasteiger partial charge in [-0.05, 0) is 39.1 Å². The maximum absolute atomic E-state index is 12.2. The van der Waals surface area contributed by atoms with Gasteiger partial charge in [0.25, 0.3) is 5.91 Å². The van der Waals surface area contributed by atoms with Crippen LogP contribution in [0, 0.1) is 6.92 Å². The Labute approximate surface area is 124 Å². The average molecular weight is 284 g/mol. The van der Waals surface area contributed by atoms with Gasteiger partial charge in [0, 0.05) is 18.3 Å². The SMILES string of the molecule is Cc1ccc(C(=O)Nc2cnn(C3CCN(C)C3)c2)cc1. The van der Waals surface area contributed by atoms with E-state index >= 15 is 0 Å². The molecule has 21 heavy (non-hydrogen) atoms. The number of hydrogen-bond acceptors (Lipinski definition) is 3. The van der Waals surface area contributed by atoms with E-state index in [2.05, 4.69) is 22.4 Å². The zero-order valence-corrected chi connectivity index (χ0v) is 12.4. The number of amides is 1. The number of rotatable bonds is 3. The van der Waals surface area contributed by atoms with Crippen molar-refractivity contribution >= 4 is 11.6 Å². The van der Waals surface area contributed by atoms with Gasteiger partial charge in [-0.3, -0.25) is 9.48 Å². The number of carbonyl (C=O) groups excluding carboxylic acids is 1. The van der Waals surface area contributed by atoms with Gasteiger partial charge in [0.1, 0.15) is 0 Å². The van der Waals surface area contributed by atoms with Crippen LogP contribution in [0.15, 0.2) is 36.7 Å². The molecule has 110 valence electrons. The fourth-order valence-electron chi connectivity index (χ4n) is 2.64. The number of nitrogens with zero attached hydrogens (tertiary/aromatic N) is 3. The molecule has 1 fully saturated rings. The Morgan fingerprint density at radius 1 is 1.33 bits per heavy atom. The molecule has 0 radical (unpaired) electrons. The standard InChI is InChI=1S/C16H20N4O/c1-12-3-5-13(6-4-12)16(21)18-14-9-17-20(10-14)15-7-8-19(2)11-15/h3-6,9-10,15H,7-8,11H2,1-2H3,(H,18,21). The van der Waals surface area contributed by atoms with Crippen molar-refractivity contribution < 1.29 is 4.79 Å². The zero-order valence-electron chi connectivity index (χ0n) is 12.4. The lowest BCUT2D eigenvalue weighted by Crippen LogP contribution is -2.16. The van der Waals surface area contributed by atoms with Crippen molar-refractivity contribution in [2.45, 2.75) is 19.4 Å². The van der Waals surface area contributed by atoms with Crippen LogP contribution in [0.25, 0.3) is 0 Å². The van der Waals surface area contributed by atoms with Crippen LogP contribution >= 0.6 is 0 Å². The minimum absolute atomic E-state index is 0.0990. The number of carbonyl (C=O) groups is 1. The van der Waals surface area contributed by atoms with Crippen molar-refractivity contribution in [1.82, 2.24) is 14.7 Å². The molecule has 2 aromatic rings. The summed E-state index contributed by atoms with van der Waals surface area (Å²) in [5.41, 5.74) is 2.55. The predicted octanol–water partition coefficient (Wildman–Crippen LogP) is 2.32. The Kier molecular flexibility index (Phi) is 3.75. The monoisotopic (exact) mass is 284 g/mol. The molecule has 2 heterocycles. The Morgan fingerprint density at radius 2 is 2.10 bits per heavy atom. The van der Waals surface area contributed by atoms with Crippen LogP contribution in [0.2, 0.25) is 0 Å². The second kappa shape index (κ2) is 5.69. The van der Waals surface area contributed by atoms with Crippen LogP contribution in [0.3, 0.4) is 0 Å². The van der Waals surface area contributed by atoms with Gasteiger partial charge in [-0.25, -0.2) is 0 Å². The number of anilines is 1. The van der Waals surface area contributed by atoms with E-state index in [1.807, 2.05) is 42.1 Å². The normalized spacial score (nSPS) is 18.9. The topological polar surface area (TPSA) is 50.2 Å². The summed E-state index contributed by atoms with van der Waals surface area (Å²) in [7, 11) is 2.11. The number of nitrogens with one attached hydrogen (secondary N) is 1. The van der Waals surface area contributed by atoms with Crippen molar-refractivity contribution in [3.8, 4) is 0 Å². The third kappa shape index (κ3) is 3.13. The second-order valence-corrected chi connectivity index (χ2v) is 5.73. The van der Waals surface area contributed by atoms with Gasteiger partial charge in [0.2, 0.25) is 0 Å². The summed E-state index contributed by atoms with van der Waals surface area (Å²) in [6.07, 6.45) is 4.73. The minimum Gasteiger partial charge on any atom is -0.319 e. The molecular weight excluding hydrogens is 264 g/mol. The highest BCUT2D eigenvalue weighted by atomic mass is 16.1. The molecule has 1 amide bonds. The summed E-state index contributed by atoms with van der Waals surface area (Å²) in [5, 5.41) is 7.27. The van der Waals surface area contributed by atoms with E-state index in [1.54, 1.807) is 6.20 Å². The highest BCUT2D eigenvalue weighted by molar-refractivity contribution is 6.04. The van der Waals surface area contributed by atoms with Crippen LogP contribution in [0.5, 0.6) is 0 Å². The van der Waals surface area contributed by atoms with Crippen LogP contribution in [0.1, 0.15) is 28.4 Å². The Morgan fingerprint density at radius 3 is 2.76 bits per heavy atom. The average Bonchev–Trinajstić information content (AvgIpc) is 3.08. The first-order valence-corrected chi connectivity index (χ1v) is 7.22. The molecule has 1 aliphatic rings. The fraction of sp³-hybridized carbons (Fsp3) is 0.375. The summed E-state index contributed by atoms with van der Waals surface area (Å²) in [5.74, 6) is -0.0990. The molecule has 0 spiro atoms. The van der Waals surface area contributed by atoms with Gasteiger partial charge < -0.3 is 10.2 Å². The number of likely N-dealkylation sites (tertiary alicyclic amines) is 1. The third-order valence-electron chi connectivity index (χ3n) is 3.91. The van der Waals surface area contributed by atoms with Gasteiger partial charge in [-0.2, -0.15) is 5.10 Å². The van der Waals surface area contributed by atoms with E-state index in [0.717, 1.165) is 30.8 Å². The number of aromatic nitrogens is 2. The molecule has 1 atom stereocenters. The minimum atomic E-state index is -0.0990. The number of benzene rings is 1. The molecular formula is C16H20N4O. The summed E-state index contributed by atoms with van der Waals surface area (Å²) in [6, 6.07) is 7.95. The molecule has 5 heteroatoms. The van der Waals surface area contributed by atoms with Crippen molar-refractivity contribution in [2.24, 2.45) is 0 Å². The van der Waals surface area contributed by atoms with Gasteiger partial charge in [-0.15, -0.1) is 0 Å². The Balaban J connectivity index is 1.67. The molecule has 1 aromatic carbocycles. The highest BCUT2D eigenvalue weighted by Gasteiger charge is 2.21. The van der Waals surface area contributed by atoms with Gasteiger partial charge in [0.15, 0.2) is 0 Å². The number of likely N-dealkylation sites (N-methyl/N-ethyl adjacent to an activating group) is 1. The van der Waals surface area contributed by atoms with Crippen LogP contribution in [0.4, 0.5) is 5.69 Å². The number of aryl methyl sites for hydroxylation is 1. The molecule has 3 rings (SSSR count). The molecule has 1 saturated heterocycles. The highest BCUT2D eigenvalue weighted by Crippen LogP contribution is 2.21. The maximum Gasteiger partial charge on any atom is 0.255 e.